The topological polar surface area (TPSA) is 220 Å². The molecule has 48 heavy (non-hydrogen) atoms. The Morgan fingerprint density at radius 2 is 1.50 bits per heavy atom. The molecule has 17 heteroatoms. The van der Waals surface area contributed by atoms with Crippen LogP contribution in [-0.2, 0) is 17.6 Å². The van der Waals surface area contributed by atoms with Crippen LogP contribution in [0.25, 0.3) is 5.82 Å². The van der Waals surface area contributed by atoms with E-state index in [2.05, 4.69) is 41.6 Å². The Hall–Kier alpha value is -6.75. The number of anilines is 2. The molecule has 2 aromatic heterocycles. The van der Waals surface area contributed by atoms with E-state index in [9.17, 15) is 29.4 Å². The van der Waals surface area contributed by atoms with Crippen molar-refractivity contribution in [1.29, 1.82) is 0 Å². The molecule has 2 aliphatic rings. The molecule has 4 aromatic rings. The van der Waals surface area contributed by atoms with Gasteiger partial charge in [0.2, 0.25) is 0 Å². The fraction of sp³-hybridized carbons (Fsp3) is 0.129. The quantitative estimate of drug-likeness (QED) is 0.158. The highest BCUT2D eigenvalue weighted by Gasteiger charge is 2.26. The molecule has 0 fully saturated rings. The maximum absolute atomic E-state index is 13.0. The summed E-state index contributed by atoms with van der Waals surface area (Å²) in [6, 6.07) is 12.4. The van der Waals surface area contributed by atoms with E-state index in [4.69, 9.17) is 0 Å². The van der Waals surface area contributed by atoms with Crippen molar-refractivity contribution < 1.29 is 29.4 Å². The number of fused-ring (bicyclic) bond motifs is 1. The van der Waals surface area contributed by atoms with Gasteiger partial charge in [0, 0.05) is 19.4 Å². The third-order valence-corrected chi connectivity index (χ3v) is 7.33. The molecule has 0 saturated carbocycles. The van der Waals surface area contributed by atoms with Crippen LogP contribution < -0.4 is 16.2 Å². The lowest BCUT2D eigenvalue weighted by atomic mass is 10.00. The van der Waals surface area contributed by atoms with Crippen molar-refractivity contribution in [3.8, 4) is 5.82 Å². The number of carboxylic acid groups (broad SMARTS) is 2. The number of nitrogens with one attached hydrogen (secondary N) is 3. The fourth-order valence-electron chi connectivity index (χ4n) is 4.92. The molecule has 0 unspecified atom stereocenters. The van der Waals surface area contributed by atoms with Gasteiger partial charge in [0.15, 0.2) is 23.1 Å². The van der Waals surface area contributed by atoms with Crippen LogP contribution in [0.4, 0.5) is 11.4 Å². The minimum absolute atomic E-state index is 0.00104. The minimum atomic E-state index is -1.21. The lowest BCUT2D eigenvalue weighted by Crippen LogP contribution is -2.41. The molecule has 2 amide bonds. The van der Waals surface area contributed by atoms with E-state index in [0.717, 1.165) is 11.1 Å². The molecule has 5 N–H and O–H groups in total. The highest BCUT2D eigenvalue weighted by molar-refractivity contribution is 6.48. The number of nitrogens with zero attached hydrogens (tertiary/aromatic N) is 8. The highest BCUT2D eigenvalue weighted by Crippen LogP contribution is 2.23. The average molecular weight is 650 g/mol. The van der Waals surface area contributed by atoms with Gasteiger partial charge in [0.05, 0.1) is 22.5 Å². The number of aromatic carboxylic acids is 2. The van der Waals surface area contributed by atoms with Crippen LogP contribution in [0.1, 0.15) is 48.8 Å². The smallest absolute Gasteiger partial charge is 0.337 e. The van der Waals surface area contributed by atoms with Crippen LogP contribution in [0.3, 0.4) is 0 Å². The van der Waals surface area contributed by atoms with Crippen molar-refractivity contribution >= 4 is 46.7 Å². The Morgan fingerprint density at radius 3 is 2.08 bits per heavy atom. The minimum Gasteiger partial charge on any atom is -0.478 e. The summed E-state index contributed by atoms with van der Waals surface area (Å²) in [6.45, 7) is 0. The number of hydrazone groups is 2. The summed E-state index contributed by atoms with van der Waals surface area (Å²) < 4.78 is 1.62. The first-order chi connectivity index (χ1) is 23.2. The van der Waals surface area contributed by atoms with Crippen molar-refractivity contribution in [2.75, 3.05) is 17.7 Å². The molecule has 17 nitrogen and oxygen atoms in total. The number of hydrogen-bond acceptors (Lipinski definition) is 12. The zero-order chi connectivity index (χ0) is 33.8. The SMILES string of the molecule is CN1NN=C2C=CC(C(=O)Nc3cc(CCCc4ccc(C(=O)O)c(NC(=O)c5ccc(-n6ccnc6)nn5)c4)ccc3C(=O)O)=NN21. The predicted octanol–water partition coefficient (Wildman–Crippen LogP) is 2.33. The van der Waals surface area contributed by atoms with Crippen molar-refractivity contribution in [2.24, 2.45) is 10.2 Å². The first-order valence-corrected chi connectivity index (χ1v) is 14.5. The van der Waals surface area contributed by atoms with Gasteiger partial charge in [-0.05, 0) is 78.9 Å². The molecule has 6 rings (SSSR count). The van der Waals surface area contributed by atoms with Crippen LogP contribution in [0.15, 0.2) is 89.6 Å². The number of rotatable bonds is 11. The van der Waals surface area contributed by atoms with E-state index in [-0.39, 0.29) is 33.9 Å². The van der Waals surface area contributed by atoms with Crippen molar-refractivity contribution in [3.05, 3.63) is 107 Å². The molecule has 0 spiro atoms. The number of carbonyl (C=O) groups excluding carboxylic acids is 2. The summed E-state index contributed by atoms with van der Waals surface area (Å²) in [6.07, 6.45) is 9.48. The molecule has 0 aliphatic carbocycles. The summed E-state index contributed by atoms with van der Waals surface area (Å²) in [7, 11) is 1.66. The number of imidazole rings is 1. The van der Waals surface area contributed by atoms with Crippen molar-refractivity contribution in [3.63, 3.8) is 0 Å². The van der Waals surface area contributed by atoms with Gasteiger partial charge in [-0.15, -0.1) is 20.4 Å². The largest absolute Gasteiger partial charge is 0.478 e. The van der Waals surface area contributed by atoms with Gasteiger partial charge in [-0.3, -0.25) is 14.2 Å². The number of carboxylic acids is 2. The number of benzene rings is 2. The first kappa shape index (κ1) is 31.2. The molecule has 0 saturated heterocycles. The summed E-state index contributed by atoms with van der Waals surface area (Å²) in [5, 5.41) is 43.8. The maximum Gasteiger partial charge on any atom is 0.337 e. The molecule has 0 atom stereocenters. The third-order valence-electron chi connectivity index (χ3n) is 7.33. The van der Waals surface area contributed by atoms with Gasteiger partial charge in [-0.25, -0.2) is 20.1 Å². The number of aromatic nitrogens is 4. The Bertz CT molecular complexity index is 2010. The van der Waals surface area contributed by atoms with Crippen LogP contribution in [0.5, 0.6) is 0 Å². The lowest BCUT2D eigenvalue weighted by molar-refractivity contribution is -0.110. The van der Waals surface area contributed by atoms with E-state index in [1.807, 2.05) is 0 Å². The standard InChI is InChI=1S/C31H27N11O6/c1-40-39-37-27-12-10-23(38-42(27)40)29(44)34-25-16-19(6-8-21(25)31(47)48)4-2-3-18-5-7-20(30(45)46)24(15-18)33-28(43)22-9-11-26(36-35-22)41-14-13-32-17-41/h5-17,39H,2-4H2,1H3,(H,33,43)(H,34,44)(H,45,46)(H,47,48). The van der Waals surface area contributed by atoms with Gasteiger partial charge < -0.3 is 20.8 Å². The Kier molecular flexibility index (Phi) is 8.66. The summed E-state index contributed by atoms with van der Waals surface area (Å²) in [5.74, 6) is -2.69. The van der Waals surface area contributed by atoms with E-state index in [1.54, 1.807) is 60.4 Å². The van der Waals surface area contributed by atoms with Gasteiger partial charge in [0.25, 0.3) is 11.8 Å². The van der Waals surface area contributed by atoms with Gasteiger partial charge >= 0.3 is 11.9 Å². The van der Waals surface area contributed by atoms with Gasteiger partial charge in [-0.2, -0.15) is 5.12 Å². The van der Waals surface area contributed by atoms with Gasteiger partial charge in [0.1, 0.15) is 6.33 Å². The van der Waals surface area contributed by atoms with E-state index in [1.165, 1.54) is 40.8 Å². The van der Waals surface area contributed by atoms with Crippen LogP contribution in [0, 0.1) is 0 Å². The van der Waals surface area contributed by atoms with Crippen LogP contribution in [-0.4, -0.2) is 82.5 Å². The number of hydrazine groups is 2. The van der Waals surface area contributed by atoms with E-state index < -0.39 is 23.8 Å². The van der Waals surface area contributed by atoms with E-state index >= 15 is 0 Å². The molecule has 2 aliphatic heterocycles. The number of aryl methyl sites for hydroxylation is 2. The molecule has 4 heterocycles. The Morgan fingerprint density at radius 1 is 0.833 bits per heavy atom. The number of carbonyl (C=O) groups is 4. The normalized spacial score (nSPS) is 13.6. The molecule has 0 radical (unpaired) electrons. The molecule has 242 valence electrons. The molecular formula is C31H27N11O6. The third kappa shape index (κ3) is 6.75. The van der Waals surface area contributed by atoms with Crippen molar-refractivity contribution in [1.82, 2.24) is 35.5 Å². The predicted molar refractivity (Wildman–Crippen MR) is 171 cm³/mol. The zero-order valence-electron chi connectivity index (χ0n) is 25.2. The van der Waals surface area contributed by atoms with Gasteiger partial charge in [-0.1, -0.05) is 17.3 Å². The molecular weight excluding hydrogens is 622 g/mol. The monoisotopic (exact) mass is 649 g/mol. The summed E-state index contributed by atoms with van der Waals surface area (Å²) in [5.41, 5.74) is 4.32. The highest BCUT2D eigenvalue weighted by atomic mass is 16.4. The number of amides is 2. The fourth-order valence-corrected chi connectivity index (χ4v) is 4.92. The lowest BCUT2D eigenvalue weighted by Gasteiger charge is -2.22. The van der Waals surface area contributed by atoms with E-state index in [0.29, 0.717) is 30.9 Å². The summed E-state index contributed by atoms with van der Waals surface area (Å²) in [4.78, 5) is 53.7. The molecule has 2 aromatic carbocycles. The van der Waals surface area contributed by atoms with Crippen LogP contribution >= 0.6 is 0 Å². The number of hydrogen-bond donors (Lipinski definition) is 5. The summed E-state index contributed by atoms with van der Waals surface area (Å²) >= 11 is 0. The Labute approximate surface area is 271 Å². The number of amidine groups is 1. The average Bonchev–Trinajstić information content (AvgIpc) is 3.75. The second-order valence-corrected chi connectivity index (χ2v) is 10.6. The van der Waals surface area contributed by atoms with Crippen LogP contribution in [0.2, 0.25) is 0 Å². The maximum atomic E-state index is 13.0. The first-order valence-electron chi connectivity index (χ1n) is 14.5. The second-order valence-electron chi connectivity index (χ2n) is 10.6. The van der Waals surface area contributed by atoms with Crippen molar-refractivity contribution in [2.45, 2.75) is 19.3 Å². The molecule has 0 bridgehead atoms. The Balaban J connectivity index is 1.11. The zero-order valence-corrected chi connectivity index (χ0v) is 25.2. The second kappa shape index (κ2) is 13.3.